The number of hydrogen-bond acceptors (Lipinski definition) is 2. The van der Waals surface area contributed by atoms with Crippen LogP contribution in [-0.2, 0) is 13.0 Å². The summed E-state index contributed by atoms with van der Waals surface area (Å²) in [6.45, 7) is 1.24. The smallest absolute Gasteiger partial charge is 0.119 e. The van der Waals surface area contributed by atoms with Crippen LogP contribution in [-0.4, -0.2) is 6.61 Å². The molecule has 0 bridgehead atoms. The first-order chi connectivity index (χ1) is 12.6. The quantitative estimate of drug-likeness (QED) is 0.432. The second-order valence-electron chi connectivity index (χ2n) is 5.83. The molecular weight excluding hydrogens is 389 g/mol. The highest BCUT2D eigenvalue weighted by molar-refractivity contribution is 6.44. The van der Waals surface area contributed by atoms with Crippen molar-refractivity contribution in [3.8, 4) is 5.75 Å². The molecule has 0 atom stereocenters. The van der Waals surface area contributed by atoms with Crippen molar-refractivity contribution in [1.82, 2.24) is 0 Å². The Hall–Kier alpha value is -1.87. The third-order valence-corrected chi connectivity index (χ3v) is 4.93. The molecule has 5 heteroatoms. The van der Waals surface area contributed by atoms with E-state index in [4.69, 9.17) is 39.5 Å². The highest BCUT2D eigenvalue weighted by Gasteiger charge is 2.06. The van der Waals surface area contributed by atoms with Gasteiger partial charge < -0.3 is 10.1 Å². The molecule has 0 saturated carbocycles. The summed E-state index contributed by atoms with van der Waals surface area (Å²) in [5.41, 5.74) is 3.10. The number of halogens is 3. The van der Waals surface area contributed by atoms with E-state index >= 15 is 0 Å². The molecule has 0 unspecified atom stereocenters. The first-order valence-electron chi connectivity index (χ1n) is 8.26. The first kappa shape index (κ1) is 18.9. The van der Waals surface area contributed by atoms with E-state index < -0.39 is 0 Å². The minimum absolute atomic E-state index is 0.441. The van der Waals surface area contributed by atoms with Crippen LogP contribution in [0.3, 0.4) is 0 Å². The van der Waals surface area contributed by atoms with Gasteiger partial charge in [-0.3, -0.25) is 0 Å². The van der Waals surface area contributed by atoms with Crippen LogP contribution in [0.15, 0.2) is 66.7 Å². The molecule has 0 saturated heterocycles. The van der Waals surface area contributed by atoms with Gasteiger partial charge in [0.1, 0.15) is 5.75 Å². The van der Waals surface area contributed by atoms with Crippen LogP contribution in [0.5, 0.6) is 5.75 Å². The highest BCUT2D eigenvalue weighted by atomic mass is 35.5. The van der Waals surface area contributed by atoms with Crippen LogP contribution in [0.1, 0.15) is 11.1 Å². The predicted octanol–water partition coefficient (Wildman–Crippen LogP) is 6.88. The maximum atomic E-state index is 6.20. The van der Waals surface area contributed by atoms with Crippen LogP contribution in [0.2, 0.25) is 15.1 Å². The molecule has 0 aromatic heterocycles. The number of hydrogen-bond donors (Lipinski definition) is 1. The molecule has 26 heavy (non-hydrogen) atoms. The van der Waals surface area contributed by atoms with Gasteiger partial charge in [-0.05, 0) is 35.4 Å². The minimum atomic E-state index is 0.441. The molecule has 0 radical (unpaired) electrons. The average Bonchev–Trinajstić information content (AvgIpc) is 2.65. The Morgan fingerprint density at radius 3 is 2.27 bits per heavy atom. The highest BCUT2D eigenvalue weighted by Crippen LogP contribution is 2.32. The third kappa shape index (κ3) is 5.31. The summed E-state index contributed by atoms with van der Waals surface area (Å²) >= 11 is 18.2. The zero-order chi connectivity index (χ0) is 18.4. The Bertz CT molecular complexity index is 868. The Morgan fingerprint density at radius 1 is 0.731 bits per heavy atom. The van der Waals surface area contributed by atoms with Crippen LogP contribution in [0.25, 0.3) is 0 Å². The molecule has 3 aromatic carbocycles. The van der Waals surface area contributed by atoms with Gasteiger partial charge in [-0.1, -0.05) is 77.3 Å². The van der Waals surface area contributed by atoms with Gasteiger partial charge in [-0.2, -0.15) is 0 Å². The lowest BCUT2D eigenvalue weighted by Crippen LogP contribution is -2.03. The van der Waals surface area contributed by atoms with Crippen molar-refractivity contribution < 1.29 is 4.74 Å². The molecule has 134 valence electrons. The van der Waals surface area contributed by atoms with Crippen LogP contribution in [0, 0.1) is 0 Å². The van der Waals surface area contributed by atoms with E-state index in [2.05, 4.69) is 17.4 Å². The molecule has 0 fully saturated rings. The van der Waals surface area contributed by atoms with Crippen LogP contribution in [0.4, 0.5) is 5.69 Å². The Morgan fingerprint density at radius 2 is 1.46 bits per heavy atom. The van der Waals surface area contributed by atoms with E-state index in [0.29, 0.717) is 28.2 Å². The maximum Gasteiger partial charge on any atom is 0.119 e. The summed E-state index contributed by atoms with van der Waals surface area (Å²) in [4.78, 5) is 0. The van der Waals surface area contributed by atoms with Crippen LogP contribution >= 0.6 is 34.8 Å². The topological polar surface area (TPSA) is 21.3 Å². The van der Waals surface area contributed by atoms with Gasteiger partial charge in [0.05, 0.1) is 27.4 Å². The summed E-state index contributed by atoms with van der Waals surface area (Å²) in [5.74, 6) is 0.848. The predicted molar refractivity (Wildman–Crippen MR) is 111 cm³/mol. The summed E-state index contributed by atoms with van der Waals surface area (Å²) in [6, 6.07) is 21.6. The van der Waals surface area contributed by atoms with Crippen molar-refractivity contribution in [3.05, 3.63) is 92.9 Å². The summed E-state index contributed by atoms with van der Waals surface area (Å²) in [7, 11) is 0. The molecular formula is C21H18Cl3NO. The van der Waals surface area contributed by atoms with Crippen LogP contribution < -0.4 is 10.1 Å². The fourth-order valence-corrected chi connectivity index (χ4v) is 3.15. The lowest BCUT2D eigenvalue weighted by molar-refractivity contribution is 0.321. The Labute approximate surface area is 168 Å². The monoisotopic (exact) mass is 405 g/mol. The van der Waals surface area contributed by atoms with E-state index in [-0.39, 0.29) is 0 Å². The van der Waals surface area contributed by atoms with Gasteiger partial charge in [0, 0.05) is 13.0 Å². The second kappa shape index (κ2) is 9.18. The van der Waals surface area contributed by atoms with Crippen molar-refractivity contribution in [1.29, 1.82) is 0 Å². The molecule has 0 amide bonds. The van der Waals surface area contributed by atoms with Crippen molar-refractivity contribution in [3.63, 3.8) is 0 Å². The largest absolute Gasteiger partial charge is 0.493 e. The maximum absolute atomic E-state index is 6.20. The number of benzene rings is 3. The fraction of sp³-hybridized carbons (Fsp3) is 0.143. The van der Waals surface area contributed by atoms with Gasteiger partial charge in [0.15, 0.2) is 0 Å². The number of rotatable bonds is 7. The van der Waals surface area contributed by atoms with Crippen molar-refractivity contribution in [2.45, 2.75) is 13.0 Å². The molecule has 0 spiro atoms. The number of ether oxygens (including phenoxy) is 1. The second-order valence-corrected chi connectivity index (χ2v) is 7.05. The lowest BCUT2D eigenvalue weighted by Gasteiger charge is -2.11. The Balaban J connectivity index is 1.56. The van der Waals surface area contributed by atoms with Gasteiger partial charge in [0.2, 0.25) is 0 Å². The average molecular weight is 407 g/mol. The normalized spacial score (nSPS) is 10.6. The van der Waals surface area contributed by atoms with E-state index in [1.807, 2.05) is 42.5 Å². The van der Waals surface area contributed by atoms with E-state index in [1.54, 1.807) is 12.1 Å². The lowest BCUT2D eigenvalue weighted by atomic mass is 10.2. The molecule has 0 aliphatic heterocycles. The number of anilines is 1. The molecule has 3 rings (SSSR count). The van der Waals surface area contributed by atoms with Crippen molar-refractivity contribution in [2.24, 2.45) is 0 Å². The summed E-state index contributed by atoms with van der Waals surface area (Å²) in [5, 5.41) is 4.72. The van der Waals surface area contributed by atoms with Gasteiger partial charge in [0.25, 0.3) is 0 Å². The fourth-order valence-electron chi connectivity index (χ4n) is 2.53. The van der Waals surface area contributed by atoms with Gasteiger partial charge >= 0.3 is 0 Å². The van der Waals surface area contributed by atoms with Gasteiger partial charge in [-0.15, -0.1) is 0 Å². The minimum Gasteiger partial charge on any atom is -0.493 e. The first-order valence-corrected chi connectivity index (χ1v) is 9.39. The summed E-state index contributed by atoms with van der Waals surface area (Å²) < 4.78 is 5.87. The zero-order valence-corrected chi connectivity index (χ0v) is 16.3. The van der Waals surface area contributed by atoms with Crippen molar-refractivity contribution >= 4 is 40.5 Å². The molecule has 1 N–H and O–H groups in total. The standard InChI is InChI=1S/C21H18Cl3NO/c22-18-12-20(24)21(13-19(18)23)25-14-16-7-4-8-17(11-16)26-10-9-15-5-2-1-3-6-15/h1-8,11-13,25H,9-10,14H2. The summed E-state index contributed by atoms with van der Waals surface area (Å²) in [6.07, 6.45) is 0.877. The van der Waals surface area contributed by atoms with E-state index in [0.717, 1.165) is 23.4 Å². The Kier molecular flexibility index (Phi) is 6.67. The van der Waals surface area contributed by atoms with E-state index in [9.17, 15) is 0 Å². The third-order valence-electron chi connectivity index (χ3n) is 3.89. The molecule has 0 aliphatic carbocycles. The molecule has 0 aliphatic rings. The van der Waals surface area contributed by atoms with E-state index in [1.165, 1.54) is 5.56 Å². The van der Waals surface area contributed by atoms with Gasteiger partial charge in [-0.25, -0.2) is 0 Å². The number of nitrogens with one attached hydrogen (secondary N) is 1. The molecule has 0 heterocycles. The molecule has 3 aromatic rings. The SMILES string of the molecule is Clc1cc(Cl)c(NCc2cccc(OCCc3ccccc3)c2)cc1Cl. The van der Waals surface area contributed by atoms with Crippen molar-refractivity contribution in [2.75, 3.05) is 11.9 Å². The zero-order valence-electron chi connectivity index (χ0n) is 14.0. The molecule has 2 nitrogen and oxygen atoms in total.